The summed E-state index contributed by atoms with van der Waals surface area (Å²) in [4.78, 5) is 34.5. The molecule has 7 nitrogen and oxygen atoms in total. The molecular weight excluding hydrogens is 346 g/mol. The van der Waals surface area contributed by atoms with Gasteiger partial charge >= 0.3 is 6.15 Å². The molecule has 0 radical (unpaired) electrons. The fraction of sp³-hybridized carbons (Fsp3) is 0.450. The van der Waals surface area contributed by atoms with Gasteiger partial charge in [0.15, 0.2) is 0 Å². The van der Waals surface area contributed by atoms with Crippen molar-refractivity contribution < 1.29 is 19.1 Å². The molecule has 1 aliphatic rings. The second-order valence-corrected chi connectivity index (χ2v) is 6.58. The maximum Gasteiger partial charge on any atom is 0.373 e. The highest BCUT2D eigenvalue weighted by Crippen LogP contribution is 2.31. The molecule has 1 aliphatic heterocycles. The van der Waals surface area contributed by atoms with Crippen molar-refractivity contribution in [1.29, 1.82) is 0 Å². The van der Waals surface area contributed by atoms with Gasteiger partial charge in [-0.25, -0.2) is 0 Å². The Morgan fingerprint density at radius 2 is 2.00 bits per heavy atom. The van der Waals surface area contributed by atoms with Crippen molar-refractivity contribution in [2.24, 2.45) is 5.92 Å². The van der Waals surface area contributed by atoms with Gasteiger partial charge in [0.05, 0.1) is 17.5 Å². The largest absolute Gasteiger partial charge is 0.493 e. The van der Waals surface area contributed by atoms with Gasteiger partial charge in [0.2, 0.25) is 5.91 Å². The van der Waals surface area contributed by atoms with Crippen LogP contribution in [0.2, 0.25) is 0 Å². The van der Waals surface area contributed by atoms with Gasteiger partial charge in [0.25, 0.3) is 0 Å². The Bertz CT molecular complexity index is 823. The van der Waals surface area contributed by atoms with Gasteiger partial charge in [-0.05, 0) is 43.9 Å². The summed E-state index contributed by atoms with van der Waals surface area (Å²) in [5.41, 5.74) is 8.65. The first-order chi connectivity index (χ1) is 13.0. The van der Waals surface area contributed by atoms with Gasteiger partial charge < -0.3 is 15.4 Å². The molecule has 0 bridgehead atoms. The SMILES string of the molecule is CCC(=O)N1CCC(COc2cccc3nc(C)cc(N)c23)CC1.O=C=O. The van der Waals surface area contributed by atoms with Crippen LogP contribution in [0.5, 0.6) is 5.75 Å². The highest BCUT2D eigenvalue weighted by molar-refractivity contribution is 5.95. The topological polar surface area (TPSA) is 103 Å². The molecule has 1 amide bonds. The number of anilines is 1. The molecule has 2 N–H and O–H groups in total. The van der Waals surface area contributed by atoms with Crippen LogP contribution in [0.1, 0.15) is 31.9 Å². The molecule has 3 rings (SSSR count). The molecular formula is C20H25N3O4. The normalized spacial score (nSPS) is 14.2. The highest BCUT2D eigenvalue weighted by atomic mass is 16.5. The maximum absolute atomic E-state index is 11.7. The van der Waals surface area contributed by atoms with Crippen LogP contribution >= 0.6 is 0 Å². The predicted octanol–water partition coefficient (Wildman–Crippen LogP) is 2.57. The number of aryl methyl sites for hydroxylation is 1. The first-order valence-corrected chi connectivity index (χ1v) is 9.05. The number of aromatic nitrogens is 1. The monoisotopic (exact) mass is 371 g/mol. The number of rotatable bonds is 4. The van der Waals surface area contributed by atoms with Crippen molar-refractivity contribution in [3.8, 4) is 5.75 Å². The number of pyridine rings is 1. The number of carbonyl (C=O) groups is 1. The number of benzene rings is 1. The number of nitrogens with zero attached hydrogens (tertiary/aromatic N) is 2. The quantitative estimate of drug-likeness (QED) is 0.886. The van der Waals surface area contributed by atoms with Crippen LogP contribution in [0.15, 0.2) is 24.3 Å². The van der Waals surface area contributed by atoms with E-state index in [1.807, 2.05) is 43.0 Å². The Hall–Kier alpha value is -2.92. The molecule has 1 saturated heterocycles. The maximum atomic E-state index is 11.7. The van der Waals surface area contributed by atoms with Gasteiger partial charge in [-0.15, -0.1) is 0 Å². The fourth-order valence-electron chi connectivity index (χ4n) is 3.32. The van der Waals surface area contributed by atoms with E-state index in [0.717, 1.165) is 48.3 Å². The van der Waals surface area contributed by atoms with E-state index in [2.05, 4.69) is 4.98 Å². The minimum absolute atomic E-state index is 0.248. The van der Waals surface area contributed by atoms with Crippen LogP contribution in [0.25, 0.3) is 10.9 Å². The summed E-state index contributed by atoms with van der Waals surface area (Å²) in [6.07, 6.45) is 2.82. The lowest BCUT2D eigenvalue weighted by Gasteiger charge is -2.31. The summed E-state index contributed by atoms with van der Waals surface area (Å²) >= 11 is 0. The Morgan fingerprint density at radius 1 is 1.33 bits per heavy atom. The van der Waals surface area contributed by atoms with Gasteiger partial charge in [-0.2, -0.15) is 9.59 Å². The number of nitrogen functional groups attached to an aromatic ring is 1. The summed E-state index contributed by atoms with van der Waals surface area (Å²) in [6.45, 7) is 6.17. The van der Waals surface area contributed by atoms with Crippen LogP contribution in [0, 0.1) is 12.8 Å². The lowest BCUT2D eigenvalue weighted by atomic mass is 9.97. The van der Waals surface area contributed by atoms with Crippen molar-refractivity contribution >= 4 is 28.6 Å². The Kier molecular flexibility index (Phi) is 7.32. The molecule has 0 spiro atoms. The lowest BCUT2D eigenvalue weighted by Crippen LogP contribution is -2.39. The van der Waals surface area contributed by atoms with Gasteiger partial charge in [-0.3, -0.25) is 9.78 Å². The summed E-state index contributed by atoms with van der Waals surface area (Å²) in [7, 11) is 0. The third-order valence-corrected chi connectivity index (χ3v) is 4.70. The molecule has 0 unspecified atom stereocenters. The smallest absolute Gasteiger partial charge is 0.373 e. The van der Waals surface area contributed by atoms with E-state index in [1.54, 1.807) is 0 Å². The molecule has 2 heterocycles. The van der Waals surface area contributed by atoms with E-state index in [9.17, 15) is 4.79 Å². The van der Waals surface area contributed by atoms with Crippen molar-refractivity contribution in [2.75, 3.05) is 25.4 Å². The average Bonchev–Trinajstić information content (AvgIpc) is 2.66. The summed E-state index contributed by atoms with van der Waals surface area (Å²) < 4.78 is 6.08. The number of hydrogen-bond donors (Lipinski definition) is 1. The molecule has 2 aromatic rings. The number of hydrogen-bond acceptors (Lipinski definition) is 6. The van der Waals surface area contributed by atoms with Crippen molar-refractivity contribution in [2.45, 2.75) is 33.1 Å². The standard InChI is InChI=1S/C19H25N3O2.CO2/c1-3-18(23)22-9-7-14(8-10-22)12-24-17-6-4-5-16-19(17)15(20)11-13(2)21-16;2-1-3/h4-6,11,14H,3,7-10,12H2,1-2H3,(H2,20,21);. The number of amides is 1. The zero-order valence-electron chi connectivity index (χ0n) is 15.7. The number of piperidine rings is 1. The fourth-order valence-corrected chi connectivity index (χ4v) is 3.32. The molecule has 27 heavy (non-hydrogen) atoms. The van der Waals surface area contributed by atoms with Crippen LogP contribution in [0.3, 0.4) is 0 Å². The number of fused-ring (bicyclic) bond motifs is 1. The minimum Gasteiger partial charge on any atom is -0.493 e. The number of likely N-dealkylation sites (tertiary alicyclic amines) is 1. The summed E-state index contributed by atoms with van der Waals surface area (Å²) in [5, 5.41) is 0.890. The van der Waals surface area contributed by atoms with E-state index in [4.69, 9.17) is 20.1 Å². The van der Waals surface area contributed by atoms with Crippen LogP contribution in [0.4, 0.5) is 5.69 Å². The molecule has 0 aliphatic carbocycles. The predicted molar refractivity (Wildman–Crippen MR) is 101 cm³/mol. The summed E-state index contributed by atoms with van der Waals surface area (Å²) in [5.74, 6) is 1.52. The Labute approximate surface area is 158 Å². The molecule has 1 aromatic heterocycles. The molecule has 0 atom stereocenters. The molecule has 7 heteroatoms. The first-order valence-electron chi connectivity index (χ1n) is 9.05. The van der Waals surface area contributed by atoms with Crippen molar-refractivity contribution in [3.63, 3.8) is 0 Å². The molecule has 1 fully saturated rings. The van der Waals surface area contributed by atoms with Crippen molar-refractivity contribution in [1.82, 2.24) is 9.88 Å². The second-order valence-electron chi connectivity index (χ2n) is 6.58. The number of nitrogens with two attached hydrogens (primary N) is 1. The third kappa shape index (κ3) is 5.28. The van der Waals surface area contributed by atoms with Crippen LogP contribution in [-0.2, 0) is 14.4 Å². The number of carbonyl (C=O) groups excluding carboxylic acids is 3. The van der Waals surface area contributed by atoms with Gasteiger partial charge in [-0.1, -0.05) is 13.0 Å². The zero-order valence-corrected chi connectivity index (χ0v) is 15.7. The van der Waals surface area contributed by atoms with Crippen molar-refractivity contribution in [3.05, 3.63) is 30.0 Å². The zero-order chi connectivity index (χ0) is 19.8. The average molecular weight is 371 g/mol. The first kappa shape index (κ1) is 20.4. The molecule has 1 aromatic carbocycles. The van der Waals surface area contributed by atoms with E-state index in [1.165, 1.54) is 0 Å². The lowest BCUT2D eigenvalue weighted by molar-refractivity contribution is -0.191. The second kappa shape index (κ2) is 9.69. The molecule has 144 valence electrons. The highest BCUT2D eigenvalue weighted by Gasteiger charge is 2.22. The van der Waals surface area contributed by atoms with E-state index in [-0.39, 0.29) is 12.1 Å². The summed E-state index contributed by atoms with van der Waals surface area (Å²) in [6, 6.07) is 7.74. The van der Waals surface area contributed by atoms with Crippen LogP contribution in [-0.4, -0.2) is 41.6 Å². The van der Waals surface area contributed by atoms with E-state index < -0.39 is 0 Å². The molecule has 0 saturated carbocycles. The van der Waals surface area contributed by atoms with E-state index in [0.29, 0.717) is 24.6 Å². The van der Waals surface area contributed by atoms with Gasteiger partial charge in [0.1, 0.15) is 5.75 Å². The Balaban J connectivity index is 0.000000817. The van der Waals surface area contributed by atoms with Gasteiger partial charge in [0, 0.05) is 30.9 Å². The van der Waals surface area contributed by atoms with Crippen LogP contribution < -0.4 is 10.5 Å². The minimum atomic E-state index is 0.248. The number of ether oxygens (including phenoxy) is 1. The Morgan fingerprint density at radius 3 is 2.63 bits per heavy atom. The van der Waals surface area contributed by atoms with E-state index >= 15 is 0 Å². The third-order valence-electron chi connectivity index (χ3n) is 4.70.